The lowest BCUT2D eigenvalue weighted by Gasteiger charge is -2.24. The Hall–Kier alpha value is -1.59. The van der Waals surface area contributed by atoms with Gasteiger partial charge in [-0.25, -0.2) is 4.98 Å². The van der Waals surface area contributed by atoms with E-state index in [-0.39, 0.29) is 5.56 Å². The van der Waals surface area contributed by atoms with E-state index in [2.05, 4.69) is 31.2 Å². The van der Waals surface area contributed by atoms with E-state index in [0.717, 1.165) is 33.9 Å². The summed E-state index contributed by atoms with van der Waals surface area (Å²) in [4.78, 5) is 19.6. The van der Waals surface area contributed by atoms with Crippen molar-refractivity contribution in [2.75, 3.05) is 0 Å². The van der Waals surface area contributed by atoms with Gasteiger partial charge in [0.2, 0.25) is 0 Å². The molecule has 22 heavy (non-hydrogen) atoms. The zero-order chi connectivity index (χ0) is 15.3. The molecular formula is C17H16N2OS2. The Bertz CT molecular complexity index is 912. The largest absolute Gasteiger partial charge is 0.287 e. The van der Waals surface area contributed by atoms with Crippen molar-refractivity contribution < 1.29 is 0 Å². The fourth-order valence-corrected chi connectivity index (χ4v) is 5.22. The number of hydrogen-bond donors (Lipinski definition) is 0. The number of benzene rings is 1. The molecule has 1 unspecified atom stereocenters. The van der Waals surface area contributed by atoms with Crippen LogP contribution >= 0.6 is 23.1 Å². The van der Waals surface area contributed by atoms with E-state index in [4.69, 9.17) is 4.98 Å². The van der Waals surface area contributed by atoms with E-state index in [1.807, 2.05) is 17.6 Å². The molecule has 0 saturated heterocycles. The summed E-state index contributed by atoms with van der Waals surface area (Å²) in [6.07, 6.45) is 0.969. The normalized spacial score (nSPS) is 17.6. The van der Waals surface area contributed by atoms with Crippen LogP contribution in [0.3, 0.4) is 0 Å². The van der Waals surface area contributed by atoms with Crippen LogP contribution < -0.4 is 5.56 Å². The summed E-state index contributed by atoms with van der Waals surface area (Å²) in [5, 5.41) is 2.05. The molecule has 0 bridgehead atoms. The van der Waals surface area contributed by atoms with Crippen LogP contribution in [0.4, 0.5) is 0 Å². The highest BCUT2D eigenvalue weighted by atomic mass is 32.2. The van der Waals surface area contributed by atoms with Gasteiger partial charge in [0, 0.05) is 16.7 Å². The number of hydrogen-bond acceptors (Lipinski definition) is 4. The predicted molar refractivity (Wildman–Crippen MR) is 93.0 cm³/mol. The van der Waals surface area contributed by atoms with Crippen LogP contribution in [0, 0.1) is 13.8 Å². The van der Waals surface area contributed by atoms with Gasteiger partial charge in [0.05, 0.1) is 5.39 Å². The van der Waals surface area contributed by atoms with Gasteiger partial charge in [-0.2, -0.15) is 0 Å². The molecule has 5 heteroatoms. The third-order valence-electron chi connectivity index (χ3n) is 4.29. The Morgan fingerprint density at radius 2 is 2.00 bits per heavy atom. The zero-order valence-corrected chi connectivity index (χ0v) is 14.1. The van der Waals surface area contributed by atoms with Gasteiger partial charge < -0.3 is 0 Å². The van der Waals surface area contributed by atoms with Crippen LogP contribution in [0.25, 0.3) is 10.2 Å². The average molecular weight is 328 g/mol. The molecule has 3 nitrogen and oxygen atoms in total. The Morgan fingerprint density at radius 3 is 2.77 bits per heavy atom. The quantitative estimate of drug-likeness (QED) is 0.624. The maximum Gasteiger partial charge on any atom is 0.263 e. The molecule has 0 N–H and O–H groups in total. The molecular weight excluding hydrogens is 312 g/mol. The van der Waals surface area contributed by atoms with E-state index in [1.165, 1.54) is 10.4 Å². The Morgan fingerprint density at radius 1 is 1.23 bits per heavy atom. The minimum absolute atomic E-state index is 0.126. The highest BCUT2D eigenvalue weighted by molar-refractivity contribution is 7.99. The summed E-state index contributed by atoms with van der Waals surface area (Å²) in [5.41, 5.74) is 2.52. The first-order chi connectivity index (χ1) is 10.6. The third-order valence-corrected chi connectivity index (χ3v) is 6.70. The standard InChI is InChI=1S/C17H16N2OS2/c1-10-11(2)21-15-14(10)16(20)19-9-8-13(22-17(19)18-15)12-6-4-3-5-7-12/h3-7,13H,8-9H2,1-2H3. The van der Waals surface area contributed by atoms with E-state index < -0.39 is 0 Å². The second-order valence-corrected chi connectivity index (χ2v) is 7.99. The predicted octanol–water partition coefficient (Wildman–Crippen LogP) is 4.31. The first-order valence-corrected chi connectivity index (χ1v) is 9.07. The van der Waals surface area contributed by atoms with Gasteiger partial charge in [0.15, 0.2) is 5.16 Å². The minimum Gasteiger partial charge on any atom is -0.287 e. The van der Waals surface area contributed by atoms with Crippen molar-refractivity contribution in [3.05, 3.63) is 56.7 Å². The monoisotopic (exact) mass is 328 g/mol. The van der Waals surface area contributed by atoms with Crippen LogP contribution in [0.5, 0.6) is 0 Å². The van der Waals surface area contributed by atoms with Gasteiger partial charge in [-0.1, -0.05) is 42.1 Å². The van der Waals surface area contributed by atoms with E-state index >= 15 is 0 Å². The summed E-state index contributed by atoms with van der Waals surface area (Å²) in [7, 11) is 0. The van der Waals surface area contributed by atoms with Crippen molar-refractivity contribution >= 4 is 33.3 Å². The Labute approximate surface area is 137 Å². The van der Waals surface area contributed by atoms with Gasteiger partial charge >= 0.3 is 0 Å². The van der Waals surface area contributed by atoms with Crippen molar-refractivity contribution in [3.63, 3.8) is 0 Å². The summed E-state index contributed by atoms with van der Waals surface area (Å²) < 4.78 is 1.85. The molecule has 112 valence electrons. The van der Waals surface area contributed by atoms with Crippen molar-refractivity contribution in [3.8, 4) is 0 Å². The number of fused-ring (bicyclic) bond motifs is 2. The van der Waals surface area contributed by atoms with Crippen LogP contribution in [0.15, 0.2) is 40.3 Å². The number of nitrogens with zero attached hydrogens (tertiary/aromatic N) is 2. The molecule has 0 radical (unpaired) electrons. The lowest BCUT2D eigenvalue weighted by molar-refractivity contribution is 0.537. The topological polar surface area (TPSA) is 34.9 Å². The van der Waals surface area contributed by atoms with Crippen molar-refractivity contribution in [1.29, 1.82) is 0 Å². The molecule has 2 aromatic heterocycles. The number of aryl methyl sites for hydroxylation is 2. The van der Waals surface area contributed by atoms with E-state index in [1.54, 1.807) is 23.1 Å². The molecule has 1 atom stereocenters. The molecule has 1 aliphatic heterocycles. The first kappa shape index (κ1) is 14.0. The number of aromatic nitrogens is 2. The van der Waals surface area contributed by atoms with E-state index in [9.17, 15) is 4.79 Å². The lowest BCUT2D eigenvalue weighted by atomic mass is 10.1. The zero-order valence-electron chi connectivity index (χ0n) is 12.5. The number of thioether (sulfide) groups is 1. The minimum atomic E-state index is 0.126. The maximum atomic E-state index is 12.8. The lowest BCUT2D eigenvalue weighted by Crippen LogP contribution is -2.27. The number of thiophene rings is 1. The van der Waals surface area contributed by atoms with E-state index in [0.29, 0.717) is 5.25 Å². The number of rotatable bonds is 1. The third kappa shape index (κ3) is 2.11. The molecule has 1 aliphatic rings. The molecule has 3 aromatic rings. The molecule has 0 fully saturated rings. The van der Waals surface area contributed by atoms with Crippen LogP contribution in [-0.4, -0.2) is 9.55 Å². The van der Waals surface area contributed by atoms with Crippen LogP contribution in [-0.2, 0) is 6.54 Å². The van der Waals surface area contributed by atoms with Crippen LogP contribution in [0.1, 0.15) is 27.7 Å². The molecule has 1 aromatic carbocycles. The summed E-state index contributed by atoms with van der Waals surface area (Å²) >= 11 is 3.34. The molecule has 0 amide bonds. The molecule has 0 aliphatic carbocycles. The average Bonchev–Trinajstić information content (AvgIpc) is 2.82. The maximum absolute atomic E-state index is 12.8. The molecule has 3 heterocycles. The second-order valence-electron chi connectivity index (χ2n) is 5.62. The Kier molecular flexibility index (Phi) is 3.35. The van der Waals surface area contributed by atoms with Crippen LogP contribution in [0.2, 0.25) is 0 Å². The smallest absolute Gasteiger partial charge is 0.263 e. The van der Waals surface area contributed by atoms with Crippen molar-refractivity contribution in [2.24, 2.45) is 0 Å². The summed E-state index contributed by atoms with van der Waals surface area (Å²) in [6.45, 7) is 4.83. The SMILES string of the molecule is Cc1sc2nc3n(c(=O)c2c1C)CCC(c1ccccc1)S3. The molecule has 0 saturated carbocycles. The van der Waals surface area contributed by atoms with Crippen molar-refractivity contribution in [1.82, 2.24) is 9.55 Å². The van der Waals surface area contributed by atoms with Gasteiger partial charge in [0.1, 0.15) is 4.83 Å². The molecule has 4 rings (SSSR count). The highest BCUT2D eigenvalue weighted by Gasteiger charge is 2.25. The van der Waals surface area contributed by atoms with Gasteiger partial charge in [0.25, 0.3) is 5.56 Å². The highest BCUT2D eigenvalue weighted by Crippen LogP contribution is 2.41. The van der Waals surface area contributed by atoms with Crippen molar-refractivity contribution in [2.45, 2.75) is 37.2 Å². The molecule has 0 spiro atoms. The fourth-order valence-electron chi connectivity index (χ4n) is 2.93. The summed E-state index contributed by atoms with van der Waals surface area (Å²) in [5.74, 6) is 0. The summed E-state index contributed by atoms with van der Waals surface area (Å²) in [6, 6.07) is 10.5. The second kappa shape index (κ2) is 5.25. The Balaban J connectivity index is 1.83. The first-order valence-electron chi connectivity index (χ1n) is 7.37. The van der Waals surface area contributed by atoms with Gasteiger partial charge in [-0.05, 0) is 31.4 Å². The van der Waals surface area contributed by atoms with Gasteiger partial charge in [-0.3, -0.25) is 9.36 Å². The van der Waals surface area contributed by atoms with Gasteiger partial charge in [-0.15, -0.1) is 11.3 Å². The fraction of sp³-hybridized carbons (Fsp3) is 0.294.